The van der Waals surface area contributed by atoms with E-state index in [0.29, 0.717) is 19.0 Å². The third kappa shape index (κ3) is 6.55. The third-order valence-electron chi connectivity index (χ3n) is 4.81. The third-order valence-corrected chi connectivity index (χ3v) is 4.81. The number of aliphatic imine (C=N–C) groups is 1. The van der Waals surface area contributed by atoms with E-state index in [-0.39, 0.29) is 24.4 Å². The monoisotopic (exact) mass is 416 g/mol. The molecule has 2 heterocycles. The van der Waals surface area contributed by atoms with Crippen LogP contribution in [0.4, 0.5) is 4.39 Å². The molecule has 1 aliphatic rings. The van der Waals surface area contributed by atoms with Gasteiger partial charge >= 0.3 is 0 Å². The molecule has 1 amide bonds. The van der Waals surface area contributed by atoms with Gasteiger partial charge in [-0.2, -0.15) is 5.10 Å². The largest absolute Gasteiger partial charge is 0.376 e. The van der Waals surface area contributed by atoms with Crippen LogP contribution in [0.2, 0.25) is 0 Å². The number of aromatic nitrogens is 2. The fraction of sp³-hybridized carbons (Fsp3) is 0.476. The Bertz CT molecular complexity index is 843. The average Bonchev–Trinajstić information content (AvgIpc) is 3.23. The molecule has 1 atom stereocenters. The number of halogens is 1. The second kappa shape index (κ2) is 10.7. The quantitative estimate of drug-likeness (QED) is 0.530. The molecule has 1 aromatic heterocycles. The van der Waals surface area contributed by atoms with Crippen molar-refractivity contribution < 1.29 is 13.9 Å². The predicted molar refractivity (Wildman–Crippen MR) is 113 cm³/mol. The maximum atomic E-state index is 13.1. The van der Waals surface area contributed by atoms with Crippen LogP contribution in [0.5, 0.6) is 0 Å². The van der Waals surface area contributed by atoms with E-state index in [9.17, 15) is 9.18 Å². The van der Waals surface area contributed by atoms with E-state index in [2.05, 4.69) is 20.7 Å². The molecule has 1 unspecified atom stereocenters. The Labute approximate surface area is 176 Å². The normalized spacial score (nSPS) is 16.9. The van der Waals surface area contributed by atoms with Gasteiger partial charge in [-0.25, -0.2) is 14.1 Å². The van der Waals surface area contributed by atoms with Crippen molar-refractivity contribution >= 4 is 11.9 Å². The SMILES string of the molecule is CN(C)C(=O)CNC(=NCc1ccn(-c2ccc(F)cc2)n1)NCC1CCCCO1. The van der Waals surface area contributed by atoms with Crippen LogP contribution in [0.25, 0.3) is 5.69 Å². The Kier molecular flexibility index (Phi) is 7.78. The van der Waals surface area contributed by atoms with Gasteiger partial charge in [-0.05, 0) is 49.6 Å². The van der Waals surface area contributed by atoms with Gasteiger partial charge < -0.3 is 20.3 Å². The highest BCUT2D eigenvalue weighted by molar-refractivity contribution is 5.86. The van der Waals surface area contributed by atoms with Gasteiger partial charge in [-0.15, -0.1) is 0 Å². The van der Waals surface area contributed by atoms with Gasteiger partial charge in [-0.1, -0.05) is 0 Å². The molecule has 0 saturated carbocycles. The summed E-state index contributed by atoms with van der Waals surface area (Å²) in [6, 6.07) is 7.99. The van der Waals surface area contributed by atoms with Crippen molar-refractivity contribution in [3.8, 4) is 5.69 Å². The maximum absolute atomic E-state index is 13.1. The van der Waals surface area contributed by atoms with Gasteiger partial charge in [0, 0.05) is 33.4 Å². The Balaban J connectivity index is 1.62. The Hall–Kier alpha value is -2.94. The molecule has 1 saturated heterocycles. The predicted octanol–water partition coefficient (Wildman–Crippen LogP) is 1.70. The van der Waals surface area contributed by atoms with Crippen LogP contribution in [0.1, 0.15) is 25.0 Å². The summed E-state index contributed by atoms with van der Waals surface area (Å²) < 4.78 is 20.5. The number of hydrogen-bond acceptors (Lipinski definition) is 4. The Morgan fingerprint density at radius 1 is 1.27 bits per heavy atom. The van der Waals surface area contributed by atoms with Crippen LogP contribution in [-0.2, 0) is 16.1 Å². The highest BCUT2D eigenvalue weighted by Crippen LogP contribution is 2.12. The summed E-state index contributed by atoms with van der Waals surface area (Å²) in [5.74, 6) is 0.210. The van der Waals surface area contributed by atoms with Gasteiger partial charge in [0.1, 0.15) is 5.82 Å². The van der Waals surface area contributed by atoms with Gasteiger partial charge in [0.25, 0.3) is 0 Å². The van der Waals surface area contributed by atoms with E-state index >= 15 is 0 Å². The van der Waals surface area contributed by atoms with Crippen molar-refractivity contribution in [1.29, 1.82) is 0 Å². The van der Waals surface area contributed by atoms with E-state index in [4.69, 9.17) is 4.74 Å². The molecule has 2 aromatic rings. The lowest BCUT2D eigenvalue weighted by Crippen LogP contribution is -2.45. The standard InChI is InChI=1S/C21H29FN6O2/c1-27(2)20(29)15-25-21(24-14-19-5-3-4-12-30-19)23-13-17-10-11-28(26-17)18-8-6-16(22)7-9-18/h6-11,19H,3-5,12-15H2,1-2H3,(H2,23,24,25). The summed E-state index contributed by atoms with van der Waals surface area (Å²) in [5.41, 5.74) is 1.53. The number of benzene rings is 1. The first kappa shape index (κ1) is 21.8. The highest BCUT2D eigenvalue weighted by atomic mass is 19.1. The van der Waals surface area contributed by atoms with E-state index in [0.717, 1.165) is 37.3 Å². The molecule has 3 rings (SSSR count). The molecule has 1 aromatic carbocycles. The zero-order valence-corrected chi connectivity index (χ0v) is 17.5. The molecule has 162 valence electrons. The number of ether oxygens (including phenoxy) is 1. The van der Waals surface area contributed by atoms with Crippen LogP contribution >= 0.6 is 0 Å². The minimum atomic E-state index is -0.285. The number of nitrogens with zero attached hydrogens (tertiary/aromatic N) is 4. The molecule has 8 nitrogen and oxygen atoms in total. The number of nitrogens with one attached hydrogen (secondary N) is 2. The van der Waals surface area contributed by atoms with E-state index in [1.807, 2.05) is 12.3 Å². The van der Waals surface area contributed by atoms with Gasteiger partial charge in [0.15, 0.2) is 5.96 Å². The first-order valence-electron chi connectivity index (χ1n) is 10.2. The number of likely N-dealkylation sites (N-methyl/N-ethyl adjacent to an activating group) is 1. The second-order valence-electron chi connectivity index (χ2n) is 7.40. The Morgan fingerprint density at radius 3 is 2.77 bits per heavy atom. The molecule has 0 spiro atoms. The van der Waals surface area contributed by atoms with Gasteiger partial charge in [0.05, 0.1) is 30.6 Å². The van der Waals surface area contributed by atoms with Crippen LogP contribution in [-0.4, -0.2) is 66.4 Å². The summed E-state index contributed by atoms with van der Waals surface area (Å²) in [5, 5.41) is 10.8. The van der Waals surface area contributed by atoms with E-state index in [1.54, 1.807) is 30.9 Å². The molecule has 2 N–H and O–H groups in total. The van der Waals surface area contributed by atoms with Crippen molar-refractivity contribution in [1.82, 2.24) is 25.3 Å². The zero-order chi connectivity index (χ0) is 21.3. The molecule has 0 aliphatic carbocycles. The van der Waals surface area contributed by atoms with Crippen LogP contribution in [0.3, 0.4) is 0 Å². The minimum absolute atomic E-state index is 0.0426. The summed E-state index contributed by atoms with van der Waals surface area (Å²) in [7, 11) is 3.43. The molecule has 0 radical (unpaired) electrons. The summed E-state index contributed by atoms with van der Waals surface area (Å²) in [4.78, 5) is 18.0. The first-order valence-corrected chi connectivity index (χ1v) is 10.2. The van der Waals surface area contributed by atoms with Crippen LogP contribution < -0.4 is 10.6 Å². The minimum Gasteiger partial charge on any atom is -0.376 e. The van der Waals surface area contributed by atoms with Crippen LogP contribution in [0, 0.1) is 5.82 Å². The molecule has 1 aliphatic heterocycles. The number of hydrogen-bond donors (Lipinski definition) is 2. The van der Waals surface area contributed by atoms with E-state index < -0.39 is 0 Å². The molecular weight excluding hydrogens is 387 g/mol. The fourth-order valence-electron chi connectivity index (χ4n) is 3.01. The number of amides is 1. The summed E-state index contributed by atoms with van der Waals surface area (Å²) in [6.07, 6.45) is 5.23. The first-order chi connectivity index (χ1) is 14.5. The van der Waals surface area contributed by atoms with Crippen molar-refractivity contribution in [2.45, 2.75) is 31.9 Å². The molecule has 0 bridgehead atoms. The van der Waals surface area contributed by atoms with E-state index in [1.165, 1.54) is 17.0 Å². The molecule has 30 heavy (non-hydrogen) atoms. The molecule has 1 fully saturated rings. The number of rotatable bonds is 7. The van der Waals surface area contributed by atoms with Crippen molar-refractivity contribution in [3.63, 3.8) is 0 Å². The fourth-order valence-corrected chi connectivity index (χ4v) is 3.01. The lowest BCUT2D eigenvalue weighted by atomic mass is 10.1. The number of carbonyl (C=O) groups is 1. The second-order valence-corrected chi connectivity index (χ2v) is 7.40. The summed E-state index contributed by atoms with van der Waals surface area (Å²) >= 11 is 0. The highest BCUT2D eigenvalue weighted by Gasteiger charge is 2.15. The molecular formula is C21H29FN6O2. The van der Waals surface area contributed by atoms with Crippen molar-refractivity contribution in [3.05, 3.63) is 48.0 Å². The lowest BCUT2D eigenvalue weighted by Gasteiger charge is -2.24. The number of carbonyl (C=O) groups excluding carboxylic acids is 1. The van der Waals surface area contributed by atoms with Gasteiger partial charge in [0.2, 0.25) is 5.91 Å². The van der Waals surface area contributed by atoms with Crippen molar-refractivity contribution in [2.75, 3.05) is 33.8 Å². The van der Waals surface area contributed by atoms with Crippen LogP contribution in [0.15, 0.2) is 41.5 Å². The average molecular weight is 417 g/mol. The Morgan fingerprint density at radius 2 is 2.07 bits per heavy atom. The van der Waals surface area contributed by atoms with Crippen molar-refractivity contribution in [2.24, 2.45) is 4.99 Å². The summed E-state index contributed by atoms with van der Waals surface area (Å²) in [6.45, 7) is 1.90. The topological polar surface area (TPSA) is 83.8 Å². The smallest absolute Gasteiger partial charge is 0.241 e. The lowest BCUT2D eigenvalue weighted by molar-refractivity contribution is -0.127. The molecule has 9 heteroatoms. The number of guanidine groups is 1. The van der Waals surface area contributed by atoms with Gasteiger partial charge in [-0.3, -0.25) is 4.79 Å². The zero-order valence-electron chi connectivity index (χ0n) is 17.5. The maximum Gasteiger partial charge on any atom is 0.241 e.